The van der Waals surface area contributed by atoms with E-state index in [-0.39, 0.29) is 5.60 Å². The molecule has 0 aromatic heterocycles. The number of methoxy groups -OCH3 is 1. The molecule has 0 radical (unpaired) electrons. The van der Waals surface area contributed by atoms with E-state index >= 15 is 0 Å². The van der Waals surface area contributed by atoms with E-state index in [1.54, 1.807) is 0 Å². The van der Waals surface area contributed by atoms with Crippen molar-refractivity contribution in [1.82, 2.24) is 5.32 Å². The van der Waals surface area contributed by atoms with Crippen molar-refractivity contribution in [2.45, 2.75) is 78.4 Å². The maximum atomic E-state index is 6.03. The van der Waals surface area contributed by atoms with Gasteiger partial charge in [-0.3, -0.25) is 0 Å². The lowest BCUT2D eigenvalue weighted by Crippen LogP contribution is -2.54. The summed E-state index contributed by atoms with van der Waals surface area (Å²) in [5.74, 6) is 0. The van der Waals surface area contributed by atoms with Crippen LogP contribution in [0, 0.1) is 5.41 Å². The van der Waals surface area contributed by atoms with Crippen molar-refractivity contribution in [2.75, 3.05) is 13.7 Å². The zero-order chi connectivity index (χ0) is 14.5. The van der Waals surface area contributed by atoms with Crippen molar-refractivity contribution in [3.63, 3.8) is 0 Å². The van der Waals surface area contributed by atoms with Gasteiger partial charge in [0.1, 0.15) is 0 Å². The molecule has 2 nitrogen and oxygen atoms in total. The predicted octanol–water partition coefficient (Wildman–Crippen LogP) is 4.31. The summed E-state index contributed by atoms with van der Waals surface area (Å²) >= 11 is 0. The van der Waals surface area contributed by atoms with E-state index in [2.05, 4.69) is 46.0 Å². The summed E-state index contributed by atoms with van der Waals surface area (Å²) in [6.07, 6.45) is 8.34. The van der Waals surface area contributed by atoms with Crippen molar-refractivity contribution in [1.29, 1.82) is 0 Å². The van der Waals surface area contributed by atoms with E-state index < -0.39 is 0 Å². The van der Waals surface area contributed by atoms with Crippen molar-refractivity contribution in [3.8, 4) is 0 Å². The van der Waals surface area contributed by atoms with Gasteiger partial charge >= 0.3 is 0 Å². The topological polar surface area (TPSA) is 21.3 Å². The fraction of sp³-hybridized carbons (Fsp3) is 0.882. The van der Waals surface area contributed by atoms with Gasteiger partial charge in [0.15, 0.2) is 0 Å². The molecule has 1 rings (SSSR count). The molecule has 0 heterocycles. The van der Waals surface area contributed by atoms with Crippen LogP contribution in [0.3, 0.4) is 0 Å². The number of ether oxygens (including phenoxy) is 1. The van der Waals surface area contributed by atoms with Crippen molar-refractivity contribution < 1.29 is 4.74 Å². The van der Waals surface area contributed by atoms with Crippen LogP contribution in [-0.4, -0.2) is 25.3 Å². The van der Waals surface area contributed by atoms with E-state index in [4.69, 9.17) is 4.74 Å². The van der Waals surface area contributed by atoms with Crippen LogP contribution in [0.1, 0.15) is 66.7 Å². The van der Waals surface area contributed by atoms with Crippen LogP contribution in [0.2, 0.25) is 0 Å². The highest BCUT2D eigenvalue weighted by Crippen LogP contribution is 2.43. The van der Waals surface area contributed by atoms with E-state index in [9.17, 15) is 0 Å². The Morgan fingerprint density at radius 3 is 2.21 bits per heavy atom. The average Bonchev–Trinajstić information content (AvgIpc) is 2.35. The molecule has 19 heavy (non-hydrogen) atoms. The average molecular weight is 267 g/mol. The summed E-state index contributed by atoms with van der Waals surface area (Å²) in [4.78, 5) is 0. The summed E-state index contributed by atoms with van der Waals surface area (Å²) < 4.78 is 6.03. The third kappa shape index (κ3) is 4.61. The van der Waals surface area contributed by atoms with E-state index in [0.717, 1.165) is 19.4 Å². The molecule has 1 saturated carbocycles. The molecule has 0 aromatic carbocycles. The largest absolute Gasteiger partial charge is 0.376 e. The molecule has 1 aliphatic rings. The smallest absolute Gasteiger partial charge is 0.0867 e. The minimum Gasteiger partial charge on any atom is -0.376 e. The molecule has 0 aromatic rings. The molecule has 112 valence electrons. The highest BCUT2D eigenvalue weighted by Gasteiger charge is 2.43. The summed E-state index contributed by atoms with van der Waals surface area (Å²) in [5.41, 5.74) is 1.83. The Hall–Kier alpha value is -0.340. The van der Waals surface area contributed by atoms with Gasteiger partial charge in [0.2, 0.25) is 0 Å². The minimum absolute atomic E-state index is 0.0119. The predicted molar refractivity (Wildman–Crippen MR) is 83.5 cm³/mol. The van der Waals surface area contributed by atoms with Gasteiger partial charge < -0.3 is 10.1 Å². The number of hydrogen-bond acceptors (Lipinski definition) is 2. The van der Waals surface area contributed by atoms with Crippen molar-refractivity contribution in [2.24, 2.45) is 5.41 Å². The normalized spacial score (nSPS) is 22.8. The van der Waals surface area contributed by atoms with Crippen molar-refractivity contribution in [3.05, 3.63) is 11.6 Å². The Bertz CT molecular complexity index is 292. The molecule has 0 aliphatic heterocycles. The second kappa shape index (κ2) is 6.90. The lowest BCUT2D eigenvalue weighted by molar-refractivity contribution is -0.0761. The quantitative estimate of drug-likeness (QED) is 0.724. The fourth-order valence-electron chi connectivity index (χ4n) is 3.02. The summed E-state index contributed by atoms with van der Waals surface area (Å²) in [6.45, 7) is 12.4. The second-order valence-electron chi connectivity index (χ2n) is 7.11. The molecular formula is C17H33NO. The van der Waals surface area contributed by atoms with Crippen LogP contribution < -0.4 is 5.32 Å². The third-order valence-corrected chi connectivity index (χ3v) is 4.54. The molecule has 0 saturated heterocycles. The molecule has 1 N–H and O–H groups in total. The first-order chi connectivity index (χ1) is 8.85. The first-order valence-electron chi connectivity index (χ1n) is 7.79. The molecule has 0 spiro atoms. The lowest BCUT2D eigenvalue weighted by atomic mass is 9.68. The molecular weight excluding hydrogens is 234 g/mol. The van der Waals surface area contributed by atoms with Crippen molar-refractivity contribution >= 4 is 0 Å². The summed E-state index contributed by atoms with van der Waals surface area (Å²) in [7, 11) is 1.89. The Labute approximate surface area is 120 Å². The zero-order valence-corrected chi connectivity index (χ0v) is 13.8. The van der Waals surface area contributed by atoms with Gasteiger partial charge in [-0.25, -0.2) is 0 Å². The van der Waals surface area contributed by atoms with Crippen LogP contribution in [0.5, 0.6) is 0 Å². The maximum Gasteiger partial charge on any atom is 0.0867 e. The summed E-state index contributed by atoms with van der Waals surface area (Å²) in [6, 6.07) is 0.346. The van der Waals surface area contributed by atoms with Gasteiger partial charge in [-0.15, -0.1) is 0 Å². The summed E-state index contributed by atoms with van der Waals surface area (Å²) in [5, 5.41) is 3.69. The molecule has 2 heteroatoms. The molecule has 0 bridgehead atoms. The van der Waals surface area contributed by atoms with E-state index in [0.29, 0.717) is 11.5 Å². The molecule has 1 fully saturated rings. The SMILES string of the molecule is CCCNC(C=C(C)C)C1(OC)CCC(C)(C)CC1. The van der Waals surface area contributed by atoms with Crippen LogP contribution in [-0.2, 0) is 4.74 Å². The van der Waals surface area contributed by atoms with Crippen LogP contribution in [0.4, 0.5) is 0 Å². The van der Waals surface area contributed by atoms with Gasteiger partial charge in [-0.05, 0) is 57.9 Å². The maximum absolute atomic E-state index is 6.03. The minimum atomic E-state index is -0.0119. The first-order valence-corrected chi connectivity index (χ1v) is 7.79. The number of nitrogens with one attached hydrogen (secondary N) is 1. The molecule has 1 atom stereocenters. The first kappa shape index (κ1) is 16.7. The third-order valence-electron chi connectivity index (χ3n) is 4.54. The lowest BCUT2D eigenvalue weighted by Gasteiger charge is -2.46. The van der Waals surface area contributed by atoms with Gasteiger partial charge in [-0.1, -0.05) is 32.4 Å². The molecule has 0 amide bonds. The van der Waals surface area contributed by atoms with Gasteiger partial charge in [0.05, 0.1) is 11.6 Å². The van der Waals surface area contributed by atoms with Gasteiger partial charge in [0.25, 0.3) is 0 Å². The Balaban J connectivity index is 2.86. The highest BCUT2D eigenvalue weighted by atomic mass is 16.5. The number of allylic oxidation sites excluding steroid dienone is 1. The monoisotopic (exact) mass is 267 g/mol. The van der Waals surface area contributed by atoms with Gasteiger partial charge in [-0.2, -0.15) is 0 Å². The number of rotatable bonds is 6. The highest BCUT2D eigenvalue weighted by molar-refractivity contribution is 5.11. The van der Waals surface area contributed by atoms with Gasteiger partial charge in [0, 0.05) is 7.11 Å². The van der Waals surface area contributed by atoms with E-state index in [1.807, 2.05) is 7.11 Å². The Kier molecular flexibility index (Phi) is 6.07. The Morgan fingerprint density at radius 2 is 1.79 bits per heavy atom. The fourth-order valence-corrected chi connectivity index (χ4v) is 3.02. The molecule has 1 unspecified atom stereocenters. The Morgan fingerprint density at radius 1 is 1.21 bits per heavy atom. The number of hydrogen-bond donors (Lipinski definition) is 1. The van der Waals surface area contributed by atoms with Crippen LogP contribution in [0.15, 0.2) is 11.6 Å². The molecule has 1 aliphatic carbocycles. The van der Waals surface area contributed by atoms with Crippen LogP contribution >= 0.6 is 0 Å². The second-order valence-corrected chi connectivity index (χ2v) is 7.11. The zero-order valence-electron chi connectivity index (χ0n) is 13.8. The standard InChI is InChI=1S/C17H33NO/c1-7-12-18-15(13-14(2)3)17(19-6)10-8-16(4,5)9-11-17/h13,15,18H,7-12H2,1-6H3. The van der Waals surface area contributed by atoms with Crippen LogP contribution in [0.25, 0.3) is 0 Å². The van der Waals surface area contributed by atoms with E-state index in [1.165, 1.54) is 24.8 Å².